The van der Waals surface area contributed by atoms with Crippen molar-refractivity contribution in [2.24, 2.45) is 0 Å². The number of unbranched alkanes of at least 4 members (excludes halogenated alkanes) is 1. The van der Waals surface area contributed by atoms with E-state index in [2.05, 4.69) is 18.3 Å². The summed E-state index contributed by atoms with van der Waals surface area (Å²) < 4.78 is 16.4. The van der Waals surface area contributed by atoms with Gasteiger partial charge in [0.25, 0.3) is 0 Å². The minimum absolute atomic E-state index is 0.316. The average Bonchev–Trinajstić information content (AvgIpc) is 2.82. The summed E-state index contributed by atoms with van der Waals surface area (Å²) in [4.78, 5) is 0. The third-order valence-electron chi connectivity index (χ3n) is 3.23. The minimum Gasteiger partial charge on any atom is -0.493 e. The van der Waals surface area contributed by atoms with Gasteiger partial charge in [-0.2, -0.15) is 0 Å². The molecule has 0 bridgehead atoms. The van der Waals surface area contributed by atoms with Gasteiger partial charge in [0.15, 0.2) is 0 Å². The molecule has 0 radical (unpaired) electrons. The highest BCUT2D eigenvalue weighted by atomic mass is 16.5. The number of fused-ring (bicyclic) bond motifs is 1. The Labute approximate surface area is 115 Å². The zero-order valence-electron chi connectivity index (χ0n) is 11.8. The van der Waals surface area contributed by atoms with E-state index in [-0.39, 0.29) is 0 Å². The molecule has 0 saturated heterocycles. The largest absolute Gasteiger partial charge is 0.493 e. The molecule has 1 heterocycles. The average molecular weight is 265 g/mol. The van der Waals surface area contributed by atoms with Crippen LogP contribution in [0.25, 0.3) is 0 Å². The molecule has 4 heteroatoms. The van der Waals surface area contributed by atoms with Crippen molar-refractivity contribution in [3.05, 3.63) is 23.8 Å². The molecule has 1 aromatic rings. The Morgan fingerprint density at radius 3 is 2.95 bits per heavy atom. The number of nitrogens with one attached hydrogen (secondary N) is 1. The Bertz CT molecular complexity index is 395. The van der Waals surface area contributed by atoms with Crippen LogP contribution in [0.1, 0.15) is 31.4 Å². The van der Waals surface area contributed by atoms with Crippen LogP contribution in [0.5, 0.6) is 11.5 Å². The summed E-state index contributed by atoms with van der Waals surface area (Å²) >= 11 is 0. The number of ether oxygens (including phenoxy) is 3. The molecule has 0 aromatic heterocycles. The van der Waals surface area contributed by atoms with Crippen LogP contribution in [0.4, 0.5) is 0 Å². The molecule has 1 atom stereocenters. The van der Waals surface area contributed by atoms with E-state index < -0.39 is 0 Å². The number of rotatable bonds is 8. The van der Waals surface area contributed by atoms with E-state index in [0.717, 1.165) is 44.1 Å². The summed E-state index contributed by atoms with van der Waals surface area (Å²) in [5, 5.41) is 3.41. The maximum absolute atomic E-state index is 5.72. The van der Waals surface area contributed by atoms with E-state index in [4.69, 9.17) is 14.2 Å². The van der Waals surface area contributed by atoms with E-state index in [0.29, 0.717) is 12.6 Å². The molecule has 0 saturated carbocycles. The van der Waals surface area contributed by atoms with Gasteiger partial charge in [-0.1, -0.05) is 6.92 Å². The van der Waals surface area contributed by atoms with Crippen LogP contribution in [0.2, 0.25) is 0 Å². The Kier molecular flexibility index (Phi) is 5.48. The quantitative estimate of drug-likeness (QED) is 0.733. The van der Waals surface area contributed by atoms with Gasteiger partial charge in [0.1, 0.15) is 18.1 Å². The molecule has 0 spiro atoms. The maximum atomic E-state index is 5.72. The Hall–Kier alpha value is -1.26. The van der Waals surface area contributed by atoms with Gasteiger partial charge in [0, 0.05) is 25.3 Å². The standard InChI is InChI=1S/C15H23NO3/c1-3-16-14-11-19-15-10-12(6-7-13(14)15)18-9-5-4-8-17-2/h6-7,10,14,16H,3-5,8-9,11H2,1-2H3. The molecule has 0 aliphatic carbocycles. The van der Waals surface area contributed by atoms with Gasteiger partial charge in [0.2, 0.25) is 0 Å². The van der Waals surface area contributed by atoms with Gasteiger partial charge in [-0.15, -0.1) is 0 Å². The van der Waals surface area contributed by atoms with Crippen molar-refractivity contribution in [2.75, 3.05) is 33.5 Å². The molecular weight excluding hydrogens is 242 g/mol. The number of methoxy groups -OCH3 is 1. The fourth-order valence-electron chi connectivity index (χ4n) is 2.23. The van der Waals surface area contributed by atoms with Gasteiger partial charge in [-0.25, -0.2) is 0 Å². The zero-order chi connectivity index (χ0) is 13.5. The first kappa shape index (κ1) is 14.2. The lowest BCUT2D eigenvalue weighted by Gasteiger charge is -2.10. The molecule has 2 rings (SSSR count). The van der Waals surface area contributed by atoms with Crippen LogP contribution in [-0.4, -0.2) is 33.5 Å². The highest BCUT2D eigenvalue weighted by Gasteiger charge is 2.23. The van der Waals surface area contributed by atoms with Crippen molar-refractivity contribution in [1.82, 2.24) is 5.32 Å². The normalized spacial score (nSPS) is 17.1. The monoisotopic (exact) mass is 265 g/mol. The van der Waals surface area contributed by atoms with Crippen LogP contribution < -0.4 is 14.8 Å². The van der Waals surface area contributed by atoms with Crippen molar-refractivity contribution < 1.29 is 14.2 Å². The second-order valence-electron chi connectivity index (χ2n) is 4.67. The molecule has 1 aliphatic rings. The molecule has 1 aromatic carbocycles. The highest BCUT2D eigenvalue weighted by Crippen LogP contribution is 2.35. The topological polar surface area (TPSA) is 39.7 Å². The van der Waals surface area contributed by atoms with Crippen molar-refractivity contribution >= 4 is 0 Å². The van der Waals surface area contributed by atoms with Crippen molar-refractivity contribution in [3.8, 4) is 11.5 Å². The third-order valence-corrected chi connectivity index (χ3v) is 3.23. The van der Waals surface area contributed by atoms with E-state index in [1.165, 1.54) is 5.56 Å². The molecule has 1 aliphatic heterocycles. The third kappa shape index (κ3) is 3.85. The van der Waals surface area contributed by atoms with Crippen LogP contribution in [-0.2, 0) is 4.74 Å². The lowest BCUT2D eigenvalue weighted by Crippen LogP contribution is -2.21. The summed E-state index contributed by atoms with van der Waals surface area (Å²) in [6, 6.07) is 6.42. The van der Waals surface area contributed by atoms with Crippen LogP contribution in [0.3, 0.4) is 0 Å². The summed E-state index contributed by atoms with van der Waals surface area (Å²) in [6.45, 7) is 5.28. The molecular formula is C15H23NO3. The second-order valence-corrected chi connectivity index (χ2v) is 4.67. The summed E-state index contributed by atoms with van der Waals surface area (Å²) in [5.41, 5.74) is 1.23. The first-order valence-corrected chi connectivity index (χ1v) is 6.97. The summed E-state index contributed by atoms with van der Waals surface area (Å²) in [5.74, 6) is 1.83. The summed E-state index contributed by atoms with van der Waals surface area (Å²) in [7, 11) is 1.72. The molecule has 0 amide bonds. The zero-order valence-corrected chi connectivity index (χ0v) is 11.8. The first-order valence-electron chi connectivity index (χ1n) is 6.97. The molecule has 19 heavy (non-hydrogen) atoms. The van der Waals surface area contributed by atoms with E-state index >= 15 is 0 Å². The predicted molar refractivity (Wildman–Crippen MR) is 75.0 cm³/mol. The summed E-state index contributed by atoms with van der Waals surface area (Å²) in [6.07, 6.45) is 2.03. The highest BCUT2D eigenvalue weighted by molar-refractivity contribution is 5.45. The SMILES string of the molecule is CCNC1COc2cc(OCCCCOC)ccc21. The fraction of sp³-hybridized carbons (Fsp3) is 0.600. The van der Waals surface area contributed by atoms with E-state index in [9.17, 15) is 0 Å². The maximum Gasteiger partial charge on any atom is 0.127 e. The Balaban J connectivity index is 1.84. The Morgan fingerprint density at radius 2 is 2.16 bits per heavy atom. The van der Waals surface area contributed by atoms with Crippen molar-refractivity contribution in [2.45, 2.75) is 25.8 Å². The van der Waals surface area contributed by atoms with Crippen molar-refractivity contribution in [1.29, 1.82) is 0 Å². The fourth-order valence-corrected chi connectivity index (χ4v) is 2.23. The van der Waals surface area contributed by atoms with Crippen LogP contribution in [0, 0.1) is 0 Å². The second kappa shape index (κ2) is 7.36. The van der Waals surface area contributed by atoms with Gasteiger partial charge in [-0.3, -0.25) is 0 Å². The minimum atomic E-state index is 0.316. The first-order chi connectivity index (χ1) is 9.35. The van der Waals surface area contributed by atoms with Gasteiger partial charge >= 0.3 is 0 Å². The van der Waals surface area contributed by atoms with Gasteiger partial charge < -0.3 is 19.5 Å². The lowest BCUT2D eigenvalue weighted by atomic mass is 10.1. The Morgan fingerprint density at radius 1 is 1.32 bits per heavy atom. The van der Waals surface area contributed by atoms with Crippen LogP contribution in [0.15, 0.2) is 18.2 Å². The molecule has 106 valence electrons. The van der Waals surface area contributed by atoms with Crippen LogP contribution >= 0.6 is 0 Å². The lowest BCUT2D eigenvalue weighted by molar-refractivity contribution is 0.184. The van der Waals surface area contributed by atoms with Gasteiger partial charge in [-0.05, 0) is 31.5 Å². The molecule has 4 nitrogen and oxygen atoms in total. The smallest absolute Gasteiger partial charge is 0.127 e. The number of likely N-dealkylation sites (N-methyl/N-ethyl adjacent to an activating group) is 1. The number of benzene rings is 1. The van der Waals surface area contributed by atoms with Gasteiger partial charge in [0.05, 0.1) is 12.6 Å². The number of hydrogen-bond acceptors (Lipinski definition) is 4. The molecule has 0 fully saturated rings. The van der Waals surface area contributed by atoms with E-state index in [1.807, 2.05) is 12.1 Å². The molecule has 1 N–H and O–H groups in total. The van der Waals surface area contributed by atoms with E-state index in [1.54, 1.807) is 7.11 Å². The van der Waals surface area contributed by atoms with Crippen molar-refractivity contribution in [3.63, 3.8) is 0 Å². The predicted octanol–water partition coefficient (Wildman–Crippen LogP) is 2.54. The number of hydrogen-bond donors (Lipinski definition) is 1. The molecule has 1 unspecified atom stereocenters.